The average molecular weight is 445 g/mol. The number of aromatic nitrogens is 2. The highest BCUT2D eigenvalue weighted by Gasteiger charge is 2.29. The van der Waals surface area contributed by atoms with Crippen molar-refractivity contribution in [1.82, 2.24) is 15.3 Å². The SMILES string of the molecule is CC1CCC(NC(=O)OC(C)(C)C)CN1c1cccc(Nc2cc(Cl)ncc2C=N)n1. The van der Waals surface area contributed by atoms with Gasteiger partial charge in [0.2, 0.25) is 0 Å². The van der Waals surface area contributed by atoms with Gasteiger partial charge < -0.3 is 25.7 Å². The van der Waals surface area contributed by atoms with Crippen LogP contribution < -0.4 is 15.5 Å². The molecule has 0 aromatic carbocycles. The Balaban J connectivity index is 1.74. The molecule has 9 heteroatoms. The van der Waals surface area contributed by atoms with Gasteiger partial charge in [-0.25, -0.2) is 14.8 Å². The molecule has 0 spiro atoms. The van der Waals surface area contributed by atoms with Crippen molar-refractivity contribution < 1.29 is 9.53 Å². The molecule has 166 valence electrons. The molecule has 0 saturated carbocycles. The number of ether oxygens (including phenoxy) is 1. The third kappa shape index (κ3) is 6.30. The maximum absolute atomic E-state index is 12.2. The Morgan fingerprint density at radius 2 is 2.13 bits per heavy atom. The maximum atomic E-state index is 12.2. The molecule has 3 rings (SSSR count). The molecular weight excluding hydrogens is 416 g/mol. The van der Waals surface area contributed by atoms with Crippen LogP contribution in [0.3, 0.4) is 0 Å². The van der Waals surface area contributed by atoms with Crippen molar-refractivity contribution in [2.75, 3.05) is 16.8 Å². The van der Waals surface area contributed by atoms with Crippen molar-refractivity contribution >= 4 is 41.2 Å². The molecule has 1 fully saturated rings. The summed E-state index contributed by atoms with van der Waals surface area (Å²) >= 11 is 6.01. The second-order valence-electron chi connectivity index (χ2n) is 8.67. The van der Waals surface area contributed by atoms with Crippen LogP contribution in [0, 0.1) is 5.41 Å². The molecular formula is C22H29ClN6O2. The second kappa shape index (κ2) is 9.51. The van der Waals surface area contributed by atoms with Crippen molar-refractivity contribution in [1.29, 1.82) is 5.41 Å². The molecule has 1 amide bonds. The largest absolute Gasteiger partial charge is 0.444 e. The first-order chi connectivity index (χ1) is 14.6. The van der Waals surface area contributed by atoms with Gasteiger partial charge in [-0.15, -0.1) is 0 Å². The van der Waals surface area contributed by atoms with Gasteiger partial charge in [-0.05, 0) is 58.7 Å². The van der Waals surface area contributed by atoms with Crippen molar-refractivity contribution in [3.8, 4) is 0 Å². The van der Waals surface area contributed by atoms with E-state index in [4.69, 9.17) is 26.7 Å². The monoisotopic (exact) mass is 444 g/mol. The first kappa shape index (κ1) is 22.8. The minimum Gasteiger partial charge on any atom is -0.444 e. The maximum Gasteiger partial charge on any atom is 0.407 e. The summed E-state index contributed by atoms with van der Waals surface area (Å²) in [7, 11) is 0. The average Bonchev–Trinajstić information content (AvgIpc) is 2.68. The number of nitrogens with zero attached hydrogens (tertiary/aromatic N) is 3. The number of carbonyl (C=O) groups is 1. The van der Waals surface area contributed by atoms with Crippen molar-refractivity contribution in [3.63, 3.8) is 0 Å². The lowest BCUT2D eigenvalue weighted by molar-refractivity contribution is 0.0497. The predicted molar refractivity (Wildman–Crippen MR) is 124 cm³/mol. The summed E-state index contributed by atoms with van der Waals surface area (Å²) in [6, 6.07) is 7.67. The van der Waals surface area contributed by atoms with Crippen LogP contribution in [0.1, 0.15) is 46.1 Å². The topological polar surface area (TPSA) is 103 Å². The van der Waals surface area contributed by atoms with E-state index in [2.05, 4.69) is 27.4 Å². The lowest BCUT2D eigenvalue weighted by Gasteiger charge is -2.39. The van der Waals surface area contributed by atoms with Crippen LogP contribution in [-0.2, 0) is 4.74 Å². The minimum atomic E-state index is -0.529. The number of carbonyl (C=O) groups excluding carboxylic acids is 1. The molecule has 0 aliphatic carbocycles. The van der Waals surface area contributed by atoms with Crippen LogP contribution in [0.15, 0.2) is 30.5 Å². The van der Waals surface area contributed by atoms with Gasteiger partial charge in [0.25, 0.3) is 0 Å². The van der Waals surface area contributed by atoms with Crippen LogP contribution in [0.25, 0.3) is 0 Å². The molecule has 2 atom stereocenters. The zero-order valence-electron chi connectivity index (χ0n) is 18.3. The van der Waals surface area contributed by atoms with Crippen LogP contribution in [0.4, 0.5) is 22.1 Å². The van der Waals surface area contributed by atoms with E-state index in [9.17, 15) is 4.79 Å². The summed E-state index contributed by atoms with van der Waals surface area (Å²) in [6.07, 6.45) is 4.17. The number of hydrogen-bond donors (Lipinski definition) is 3. The first-order valence-electron chi connectivity index (χ1n) is 10.3. The molecule has 2 unspecified atom stereocenters. The van der Waals surface area contributed by atoms with Crippen molar-refractivity contribution in [2.24, 2.45) is 0 Å². The number of anilines is 3. The highest BCUT2D eigenvalue weighted by molar-refractivity contribution is 6.29. The highest BCUT2D eigenvalue weighted by atomic mass is 35.5. The summed E-state index contributed by atoms with van der Waals surface area (Å²) in [5, 5.41) is 14.1. The number of alkyl carbamates (subject to hydrolysis) is 1. The molecule has 1 saturated heterocycles. The summed E-state index contributed by atoms with van der Waals surface area (Å²) in [4.78, 5) is 23.1. The predicted octanol–water partition coefficient (Wildman–Crippen LogP) is 4.75. The molecule has 2 aromatic heterocycles. The summed E-state index contributed by atoms with van der Waals surface area (Å²) < 4.78 is 5.40. The van der Waals surface area contributed by atoms with E-state index in [0.717, 1.165) is 18.7 Å². The zero-order chi connectivity index (χ0) is 22.6. The Bertz CT molecular complexity index is 946. The van der Waals surface area contributed by atoms with Crippen LogP contribution >= 0.6 is 11.6 Å². The van der Waals surface area contributed by atoms with Crippen molar-refractivity contribution in [3.05, 3.63) is 41.2 Å². The Morgan fingerprint density at radius 3 is 2.84 bits per heavy atom. The van der Waals surface area contributed by atoms with Gasteiger partial charge in [0, 0.05) is 36.6 Å². The van der Waals surface area contributed by atoms with Crippen LogP contribution in [0.2, 0.25) is 5.15 Å². The third-order valence-electron chi connectivity index (χ3n) is 4.95. The Labute approximate surface area is 187 Å². The molecule has 0 bridgehead atoms. The second-order valence-corrected chi connectivity index (χ2v) is 9.05. The number of amides is 1. The molecule has 3 heterocycles. The quantitative estimate of drug-likeness (QED) is 0.454. The Morgan fingerprint density at radius 1 is 1.35 bits per heavy atom. The molecule has 0 radical (unpaired) electrons. The van der Waals surface area contributed by atoms with E-state index in [1.807, 2.05) is 39.0 Å². The fourth-order valence-corrected chi connectivity index (χ4v) is 3.63. The van der Waals surface area contributed by atoms with Crippen LogP contribution in [-0.4, -0.2) is 46.5 Å². The molecule has 3 N–H and O–H groups in total. The lowest BCUT2D eigenvalue weighted by Crippen LogP contribution is -2.52. The number of halogens is 1. The molecule has 31 heavy (non-hydrogen) atoms. The number of hydrogen-bond acceptors (Lipinski definition) is 7. The number of piperidine rings is 1. The van der Waals surface area contributed by atoms with Gasteiger partial charge in [-0.1, -0.05) is 17.7 Å². The molecule has 8 nitrogen and oxygen atoms in total. The van der Waals surface area contributed by atoms with Gasteiger partial charge in [0.05, 0.1) is 5.69 Å². The third-order valence-corrected chi connectivity index (χ3v) is 5.16. The summed E-state index contributed by atoms with van der Waals surface area (Å²) in [5.41, 5.74) is 0.749. The molecule has 2 aromatic rings. The van der Waals surface area contributed by atoms with Gasteiger partial charge in [-0.2, -0.15) is 0 Å². The van der Waals surface area contributed by atoms with Gasteiger partial charge in [-0.3, -0.25) is 0 Å². The van der Waals surface area contributed by atoms with E-state index in [1.165, 1.54) is 6.21 Å². The van der Waals surface area contributed by atoms with Gasteiger partial charge in [0.1, 0.15) is 22.4 Å². The summed E-state index contributed by atoms with van der Waals surface area (Å²) in [5.74, 6) is 1.45. The highest BCUT2D eigenvalue weighted by Crippen LogP contribution is 2.27. The number of nitrogens with one attached hydrogen (secondary N) is 3. The van der Waals surface area contributed by atoms with Gasteiger partial charge in [0.15, 0.2) is 0 Å². The Kier molecular flexibility index (Phi) is 7.00. The normalized spacial score (nSPS) is 18.9. The van der Waals surface area contributed by atoms with Crippen molar-refractivity contribution in [2.45, 2.75) is 58.2 Å². The fourth-order valence-electron chi connectivity index (χ4n) is 3.47. The smallest absolute Gasteiger partial charge is 0.407 e. The number of rotatable bonds is 5. The van der Waals surface area contributed by atoms with E-state index < -0.39 is 11.7 Å². The summed E-state index contributed by atoms with van der Waals surface area (Å²) in [6.45, 7) is 8.35. The van der Waals surface area contributed by atoms with E-state index >= 15 is 0 Å². The zero-order valence-corrected chi connectivity index (χ0v) is 19.0. The van der Waals surface area contributed by atoms with E-state index in [0.29, 0.717) is 28.8 Å². The molecule has 1 aliphatic heterocycles. The van der Waals surface area contributed by atoms with Crippen LogP contribution in [0.5, 0.6) is 0 Å². The van der Waals surface area contributed by atoms with E-state index in [1.54, 1.807) is 12.3 Å². The lowest BCUT2D eigenvalue weighted by atomic mass is 9.99. The standard InChI is InChI=1S/C22H29ClN6O2/c1-14-8-9-16(26-21(30)31-22(2,3)4)13-29(14)20-7-5-6-19(28-20)27-17-10-18(23)25-12-15(17)11-24/h5-7,10-12,14,16,24H,8-9,13H2,1-4H3,(H,26,30)(H,25,27,28). The Hall–Kier alpha value is -2.87. The fraction of sp³-hybridized carbons (Fsp3) is 0.455. The van der Waals surface area contributed by atoms with Gasteiger partial charge >= 0.3 is 6.09 Å². The molecule has 1 aliphatic rings. The minimum absolute atomic E-state index is 0.0204. The number of pyridine rings is 2. The van der Waals surface area contributed by atoms with E-state index in [-0.39, 0.29) is 12.1 Å². The first-order valence-corrected chi connectivity index (χ1v) is 10.7.